The maximum atomic E-state index is 13.8. The van der Waals surface area contributed by atoms with Crippen LogP contribution in [0.2, 0.25) is 0 Å². The number of nitrogens with zero attached hydrogens (tertiary/aromatic N) is 1. The highest BCUT2D eigenvalue weighted by Gasteiger charge is 2.34. The van der Waals surface area contributed by atoms with Crippen molar-refractivity contribution < 1.29 is 26.7 Å². The molecule has 0 atom stereocenters. The Kier molecular flexibility index (Phi) is 5.86. The molecular formula is C19H19F2NO4S. The molecule has 0 aliphatic carbocycles. The fourth-order valence-electron chi connectivity index (χ4n) is 3.01. The lowest BCUT2D eigenvalue weighted by Gasteiger charge is -2.30. The van der Waals surface area contributed by atoms with Gasteiger partial charge in [0.1, 0.15) is 23.1 Å². The predicted octanol–water partition coefficient (Wildman–Crippen LogP) is 3.11. The third-order valence-electron chi connectivity index (χ3n) is 4.57. The quantitative estimate of drug-likeness (QED) is 0.730. The second-order valence-corrected chi connectivity index (χ2v) is 8.21. The number of esters is 1. The molecule has 0 radical (unpaired) electrons. The third-order valence-corrected chi connectivity index (χ3v) is 6.50. The van der Waals surface area contributed by atoms with Crippen molar-refractivity contribution in [2.45, 2.75) is 24.3 Å². The maximum Gasteiger partial charge on any atom is 0.309 e. The Balaban J connectivity index is 1.58. The van der Waals surface area contributed by atoms with Crippen LogP contribution in [0.4, 0.5) is 8.78 Å². The number of hydrogen-bond donors (Lipinski definition) is 0. The Hall–Kier alpha value is -2.32. The van der Waals surface area contributed by atoms with Gasteiger partial charge < -0.3 is 4.74 Å². The van der Waals surface area contributed by atoms with Gasteiger partial charge >= 0.3 is 5.97 Å². The van der Waals surface area contributed by atoms with Crippen molar-refractivity contribution >= 4 is 16.0 Å². The molecule has 0 spiro atoms. The van der Waals surface area contributed by atoms with E-state index in [2.05, 4.69) is 0 Å². The van der Waals surface area contributed by atoms with Crippen LogP contribution in [0.25, 0.3) is 0 Å². The molecule has 3 rings (SSSR count). The Bertz CT molecular complexity index is 925. The summed E-state index contributed by atoms with van der Waals surface area (Å²) in [5.41, 5.74) is 0.283. The average Bonchev–Trinajstić information content (AvgIpc) is 2.67. The Labute approximate surface area is 156 Å². The first-order chi connectivity index (χ1) is 12.9. The summed E-state index contributed by atoms with van der Waals surface area (Å²) in [6.07, 6.45) is 0.535. The molecule has 2 aromatic carbocycles. The average molecular weight is 395 g/mol. The van der Waals surface area contributed by atoms with Crippen LogP contribution in [0.15, 0.2) is 53.4 Å². The van der Waals surface area contributed by atoms with Crippen LogP contribution < -0.4 is 0 Å². The number of piperidine rings is 1. The fourth-order valence-corrected chi connectivity index (χ4v) is 4.54. The molecule has 0 saturated carbocycles. The zero-order valence-electron chi connectivity index (χ0n) is 14.5. The number of ether oxygens (including phenoxy) is 1. The van der Waals surface area contributed by atoms with Gasteiger partial charge in [0, 0.05) is 18.7 Å². The molecule has 2 aromatic rings. The lowest BCUT2D eigenvalue weighted by Crippen LogP contribution is -2.40. The minimum absolute atomic E-state index is 0.0934. The molecule has 0 unspecified atom stereocenters. The summed E-state index contributed by atoms with van der Waals surface area (Å²) in [7, 11) is -3.95. The molecule has 0 amide bonds. The minimum Gasteiger partial charge on any atom is -0.460 e. The van der Waals surface area contributed by atoms with Crippen molar-refractivity contribution in [1.82, 2.24) is 4.31 Å². The Morgan fingerprint density at radius 2 is 1.59 bits per heavy atom. The summed E-state index contributed by atoms with van der Waals surface area (Å²) in [5.74, 6) is -2.20. The molecule has 1 aliphatic heterocycles. The van der Waals surface area contributed by atoms with E-state index in [-0.39, 0.29) is 43.0 Å². The van der Waals surface area contributed by atoms with Crippen molar-refractivity contribution in [2.24, 2.45) is 5.92 Å². The molecule has 27 heavy (non-hydrogen) atoms. The fraction of sp³-hybridized carbons (Fsp3) is 0.316. The maximum absolute atomic E-state index is 13.8. The van der Waals surface area contributed by atoms with E-state index in [1.54, 1.807) is 12.1 Å². The van der Waals surface area contributed by atoms with E-state index in [9.17, 15) is 22.0 Å². The van der Waals surface area contributed by atoms with E-state index in [1.165, 1.54) is 34.6 Å². The van der Waals surface area contributed by atoms with Gasteiger partial charge in [0.15, 0.2) is 0 Å². The zero-order chi connectivity index (χ0) is 19.4. The Morgan fingerprint density at radius 3 is 2.22 bits per heavy atom. The molecule has 144 valence electrons. The summed E-state index contributed by atoms with van der Waals surface area (Å²) in [6, 6.07) is 11.2. The summed E-state index contributed by atoms with van der Waals surface area (Å²) >= 11 is 0. The van der Waals surface area contributed by atoms with E-state index in [4.69, 9.17) is 4.74 Å². The number of benzene rings is 2. The molecule has 0 aromatic heterocycles. The normalized spacial score (nSPS) is 16.2. The number of carbonyl (C=O) groups excluding carboxylic acids is 1. The number of sulfonamides is 1. The standard InChI is InChI=1S/C19H19F2NO4S/c20-16-6-2-1-5-15(16)13-26-19(23)14-9-11-22(12-10-14)27(24,25)18-8-4-3-7-17(18)21/h1-8,14H,9-13H2. The van der Waals surface area contributed by atoms with Gasteiger partial charge in [-0.05, 0) is 31.0 Å². The van der Waals surface area contributed by atoms with Gasteiger partial charge in [0.25, 0.3) is 0 Å². The summed E-state index contributed by atoms with van der Waals surface area (Å²) < 4.78 is 58.9. The molecule has 1 fully saturated rings. The number of rotatable bonds is 5. The zero-order valence-corrected chi connectivity index (χ0v) is 15.3. The first-order valence-corrected chi connectivity index (χ1v) is 9.98. The van der Waals surface area contributed by atoms with Gasteiger partial charge in [-0.1, -0.05) is 30.3 Å². The van der Waals surface area contributed by atoms with Crippen LogP contribution in [0.5, 0.6) is 0 Å². The summed E-state index contributed by atoms with van der Waals surface area (Å²) in [4.78, 5) is 11.8. The summed E-state index contributed by atoms with van der Waals surface area (Å²) in [6.45, 7) is 0.0194. The number of halogens is 2. The van der Waals surface area contributed by atoms with Gasteiger partial charge in [-0.2, -0.15) is 4.31 Å². The second kappa shape index (κ2) is 8.14. The van der Waals surface area contributed by atoms with Gasteiger partial charge in [0.05, 0.1) is 5.92 Å². The molecule has 0 N–H and O–H groups in total. The predicted molar refractivity (Wildman–Crippen MR) is 94.1 cm³/mol. The van der Waals surface area contributed by atoms with Crippen molar-refractivity contribution in [3.8, 4) is 0 Å². The van der Waals surface area contributed by atoms with E-state index in [0.29, 0.717) is 0 Å². The van der Waals surface area contributed by atoms with Crippen molar-refractivity contribution in [2.75, 3.05) is 13.1 Å². The number of carbonyl (C=O) groups is 1. The molecule has 5 nitrogen and oxygen atoms in total. The van der Waals surface area contributed by atoms with Crippen LogP contribution in [0, 0.1) is 17.6 Å². The monoisotopic (exact) mass is 395 g/mol. The van der Waals surface area contributed by atoms with Gasteiger partial charge in [-0.15, -0.1) is 0 Å². The van der Waals surface area contributed by atoms with E-state index in [0.717, 1.165) is 6.07 Å². The van der Waals surface area contributed by atoms with E-state index in [1.807, 2.05) is 0 Å². The lowest BCUT2D eigenvalue weighted by atomic mass is 9.98. The molecular weight excluding hydrogens is 376 g/mol. The van der Waals surface area contributed by atoms with Crippen molar-refractivity contribution in [3.05, 3.63) is 65.7 Å². The minimum atomic E-state index is -3.95. The van der Waals surface area contributed by atoms with Gasteiger partial charge in [0.2, 0.25) is 10.0 Å². The van der Waals surface area contributed by atoms with Crippen molar-refractivity contribution in [3.63, 3.8) is 0 Å². The highest BCUT2D eigenvalue weighted by Crippen LogP contribution is 2.26. The van der Waals surface area contributed by atoms with Crippen LogP contribution >= 0.6 is 0 Å². The molecule has 8 heteroatoms. The molecule has 1 saturated heterocycles. The Morgan fingerprint density at radius 1 is 1.00 bits per heavy atom. The highest BCUT2D eigenvalue weighted by molar-refractivity contribution is 7.89. The molecule has 1 heterocycles. The first-order valence-electron chi connectivity index (χ1n) is 8.54. The first kappa shape index (κ1) is 19.4. The molecule has 0 bridgehead atoms. The van der Waals surface area contributed by atoms with Crippen LogP contribution in [0.3, 0.4) is 0 Å². The smallest absolute Gasteiger partial charge is 0.309 e. The SMILES string of the molecule is O=C(OCc1ccccc1F)C1CCN(S(=O)(=O)c2ccccc2F)CC1. The highest BCUT2D eigenvalue weighted by atomic mass is 32.2. The van der Waals surface area contributed by atoms with Crippen molar-refractivity contribution in [1.29, 1.82) is 0 Å². The van der Waals surface area contributed by atoms with Crippen LogP contribution in [-0.4, -0.2) is 31.8 Å². The third kappa shape index (κ3) is 4.33. The summed E-state index contributed by atoms with van der Waals surface area (Å²) in [5, 5.41) is 0. The second-order valence-electron chi connectivity index (χ2n) is 6.31. The van der Waals surface area contributed by atoms with Crippen LogP contribution in [-0.2, 0) is 26.2 Å². The lowest BCUT2D eigenvalue weighted by molar-refractivity contribution is -0.151. The number of hydrogen-bond acceptors (Lipinski definition) is 4. The largest absolute Gasteiger partial charge is 0.460 e. The van der Waals surface area contributed by atoms with E-state index < -0.39 is 33.5 Å². The van der Waals surface area contributed by atoms with E-state index >= 15 is 0 Å². The van der Waals surface area contributed by atoms with Crippen LogP contribution in [0.1, 0.15) is 18.4 Å². The van der Waals surface area contributed by atoms with Gasteiger partial charge in [-0.25, -0.2) is 17.2 Å². The van der Waals surface area contributed by atoms with Gasteiger partial charge in [-0.3, -0.25) is 4.79 Å². The topological polar surface area (TPSA) is 63.7 Å². The molecule has 1 aliphatic rings.